The number of hydrogen-bond donors (Lipinski definition) is 1. The van der Waals surface area contributed by atoms with E-state index >= 15 is 0 Å². The smallest absolute Gasteiger partial charge is 0.0809 e. The van der Waals surface area contributed by atoms with Crippen molar-refractivity contribution in [3.8, 4) is 22.3 Å². The van der Waals surface area contributed by atoms with Crippen molar-refractivity contribution in [3.05, 3.63) is 75.3 Å². The van der Waals surface area contributed by atoms with Gasteiger partial charge in [-0.05, 0) is 118 Å². The molecule has 3 aromatic carbocycles. The third-order valence-electron chi connectivity index (χ3n) is 6.57. The van der Waals surface area contributed by atoms with Crippen molar-refractivity contribution in [2.45, 2.75) is 74.5 Å². The summed E-state index contributed by atoms with van der Waals surface area (Å²) >= 11 is 0. The van der Waals surface area contributed by atoms with Gasteiger partial charge in [-0.15, -0.1) is 0 Å². The molecule has 2 heteroatoms. The quantitative estimate of drug-likeness (QED) is 0.429. The summed E-state index contributed by atoms with van der Waals surface area (Å²) in [7, 11) is 0. The summed E-state index contributed by atoms with van der Waals surface area (Å²) in [4.78, 5) is 0. The van der Waals surface area contributed by atoms with E-state index in [2.05, 4.69) is 98.7 Å². The number of aryl methyl sites for hydroxylation is 4. The highest BCUT2D eigenvalue weighted by molar-refractivity contribution is 5.91. The van der Waals surface area contributed by atoms with E-state index in [9.17, 15) is 0 Å². The molecule has 0 aliphatic heterocycles. The summed E-state index contributed by atoms with van der Waals surface area (Å²) in [6, 6.07) is 13.4. The highest BCUT2D eigenvalue weighted by atomic mass is 16.5. The number of nitrogens with two attached hydrogens (primary N) is 1. The number of benzene rings is 3. The van der Waals surface area contributed by atoms with Crippen LogP contribution in [0.1, 0.15) is 65.8 Å². The van der Waals surface area contributed by atoms with E-state index in [1.807, 2.05) is 0 Å². The zero-order valence-corrected chi connectivity index (χ0v) is 20.6. The minimum atomic E-state index is -0.0496. The molecule has 0 aliphatic rings. The molecule has 0 fully saturated rings. The fraction of sp³-hybridized carbons (Fsp3) is 0.379. The number of anilines is 1. The van der Waals surface area contributed by atoms with E-state index in [4.69, 9.17) is 10.5 Å². The Morgan fingerprint density at radius 3 is 1.58 bits per heavy atom. The highest BCUT2D eigenvalue weighted by Crippen LogP contribution is 2.45. The summed E-state index contributed by atoms with van der Waals surface area (Å²) in [6.07, 6.45) is 0.0920. The normalized spacial score (nSPS) is 12.5. The second kappa shape index (κ2) is 8.88. The molecule has 0 heterocycles. The number of ether oxygens (including phenoxy) is 1. The predicted octanol–water partition coefficient (Wildman–Crippen LogP) is 7.94. The Balaban J connectivity index is 2.39. The molecular formula is C29H37NO. The van der Waals surface area contributed by atoms with Gasteiger partial charge in [0.25, 0.3) is 0 Å². The Morgan fingerprint density at radius 1 is 0.645 bits per heavy atom. The van der Waals surface area contributed by atoms with Crippen molar-refractivity contribution in [1.29, 1.82) is 0 Å². The largest absolute Gasteiger partial charge is 0.398 e. The first-order valence-corrected chi connectivity index (χ1v) is 11.3. The summed E-state index contributed by atoms with van der Waals surface area (Å²) in [5, 5.41) is 0. The number of hydrogen-bond acceptors (Lipinski definition) is 2. The number of rotatable bonds is 5. The topological polar surface area (TPSA) is 35.2 Å². The molecule has 164 valence electrons. The van der Waals surface area contributed by atoms with Crippen LogP contribution < -0.4 is 5.73 Å². The molecule has 3 aromatic rings. The molecule has 0 aromatic heterocycles. The van der Waals surface area contributed by atoms with Crippen molar-refractivity contribution < 1.29 is 4.74 Å². The van der Waals surface area contributed by atoms with Gasteiger partial charge in [0, 0.05) is 11.3 Å². The minimum Gasteiger partial charge on any atom is -0.398 e. The van der Waals surface area contributed by atoms with Gasteiger partial charge in [-0.25, -0.2) is 0 Å². The van der Waals surface area contributed by atoms with Crippen LogP contribution in [-0.2, 0) is 4.74 Å². The van der Waals surface area contributed by atoms with Gasteiger partial charge < -0.3 is 10.5 Å². The van der Waals surface area contributed by atoms with Crippen LogP contribution in [0, 0.1) is 41.5 Å². The average molecular weight is 416 g/mol. The van der Waals surface area contributed by atoms with E-state index in [0.29, 0.717) is 0 Å². The van der Waals surface area contributed by atoms with Crippen LogP contribution in [0.25, 0.3) is 22.3 Å². The fourth-order valence-corrected chi connectivity index (χ4v) is 4.57. The Kier molecular flexibility index (Phi) is 6.62. The van der Waals surface area contributed by atoms with E-state index in [-0.39, 0.29) is 12.2 Å². The maximum absolute atomic E-state index is 6.82. The van der Waals surface area contributed by atoms with Gasteiger partial charge in [0.2, 0.25) is 0 Å². The zero-order valence-electron chi connectivity index (χ0n) is 20.6. The first kappa shape index (κ1) is 23.1. The molecule has 1 atom stereocenters. The third-order valence-corrected chi connectivity index (χ3v) is 6.57. The van der Waals surface area contributed by atoms with Crippen molar-refractivity contribution in [2.75, 3.05) is 5.73 Å². The fourth-order valence-electron chi connectivity index (χ4n) is 4.57. The van der Waals surface area contributed by atoms with E-state index < -0.39 is 0 Å². The molecule has 0 saturated carbocycles. The summed E-state index contributed by atoms with van der Waals surface area (Å²) in [5.41, 5.74) is 21.1. The van der Waals surface area contributed by atoms with Crippen molar-refractivity contribution in [1.82, 2.24) is 0 Å². The predicted molar refractivity (Wildman–Crippen MR) is 135 cm³/mol. The lowest BCUT2D eigenvalue weighted by Gasteiger charge is -2.27. The molecule has 0 radical (unpaired) electrons. The first-order chi connectivity index (χ1) is 14.5. The molecule has 0 aliphatic carbocycles. The number of nitrogen functional groups attached to an aromatic ring is 1. The van der Waals surface area contributed by atoms with Gasteiger partial charge in [-0.2, -0.15) is 0 Å². The Hall–Kier alpha value is -2.58. The lowest BCUT2D eigenvalue weighted by Crippen LogP contribution is -2.13. The molecule has 2 nitrogen and oxygen atoms in total. The minimum absolute atomic E-state index is 0.0496. The van der Waals surface area contributed by atoms with E-state index in [1.54, 1.807) is 0 Å². The van der Waals surface area contributed by atoms with E-state index in [1.165, 1.54) is 50.1 Å². The van der Waals surface area contributed by atoms with Gasteiger partial charge in [0.1, 0.15) is 0 Å². The molecule has 0 saturated heterocycles. The molecule has 3 rings (SSSR count). The van der Waals surface area contributed by atoms with Gasteiger partial charge in [0.15, 0.2) is 0 Å². The Labute approximate surface area is 188 Å². The van der Waals surface area contributed by atoms with Crippen LogP contribution >= 0.6 is 0 Å². The molecule has 31 heavy (non-hydrogen) atoms. The van der Waals surface area contributed by atoms with Crippen molar-refractivity contribution >= 4 is 5.69 Å². The van der Waals surface area contributed by atoms with E-state index in [0.717, 1.165) is 16.8 Å². The van der Waals surface area contributed by atoms with Gasteiger partial charge in [0.05, 0.1) is 12.2 Å². The van der Waals surface area contributed by atoms with Crippen LogP contribution in [0.2, 0.25) is 0 Å². The molecule has 1 unspecified atom stereocenters. The van der Waals surface area contributed by atoms with Crippen LogP contribution in [0.5, 0.6) is 0 Å². The maximum atomic E-state index is 6.82. The maximum Gasteiger partial charge on any atom is 0.0809 e. The summed E-state index contributed by atoms with van der Waals surface area (Å²) < 4.78 is 6.27. The highest BCUT2D eigenvalue weighted by Gasteiger charge is 2.24. The van der Waals surface area contributed by atoms with Gasteiger partial charge in [-0.3, -0.25) is 0 Å². The van der Waals surface area contributed by atoms with Gasteiger partial charge in [-0.1, -0.05) is 36.4 Å². The van der Waals surface area contributed by atoms with Crippen LogP contribution in [0.3, 0.4) is 0 Å². The van der Waals surface area contributed by atoms with Crippen molar-refractivity contribution in [2.24, 2.45) is 0 Å². The second-order valence-electron chi connectivity index (χ2n) is 9.25. The molecule has 0 amide bonds. The first-order valence-electron chi connectivity index (χ1n) is 11.3. The van der Waals surface area contributed by atoms with Gasteiger partial charge >= 0.3 is 0 Å². The Morgan fingerprint density at radius 2 is 1.13 bits per heavy atom. The lowest BCUT2D eigenvalue weighted by atomic mass is 9.82. The van der Waals surface area contributed by atoms with Crippen LogP contribution in [0.4, 0.5) is 5.69 Å². The monoisotopic (exact) mass is 415 g/mol. The molecule has 2 N–H and O–H groups in total. The molecular weight excluding hydrogens is 378 g/mol. The standard InChI is InChI=1S/C29H37NO/c1-16(2)31-23(9)26-22(8)29(30)28(25-13-11-18(4)20(6)15-25)21(7)27(26)24-12-10-17(3)19(5)14-24/h10-16,23H,30H2,1-9H3. The zero-order chi connectivity index (χ0) is 23.0. The van der Waals surface area contributed by atoms with Crippen LogP contribution in [0.15, 0.2) is 36.4 Å². The third kappa shape index (κ3) is 4.41. The molecule has 0 bridgehead atoms. The SMILES string of the molecule is Cc1ccc(-c2c(C)c(-c3ccc(C)c(C)c3)c(C(C)OC(C)C)c(C)c2N)cc1C. The van der Waals surface area contributed by atoms with Crippen molar-refractivity contribution in [3.63, 3.8) is 0 Å². The summed E-state index contributed by atoms with van der Waals surface area (Å²) in [6.45, 7) is 19.3. The summed E-state index contributed by atoms with van der Waals surface area (Å²) in [5.74, 6) is 0. The average Bonchev–Trinajstić information content (AvgIpc) is 2.69. The van der Waals surface area contributed by atoms with Crippen LogP contribution in [-0.4, -0.2) is 6.10 Å². The lowest BCUT2D eigenvalue weighted by molar-refractivity contribution is 0.0178. The molecule has 0 spiro atoms. The Bertz CT molecular complexity index is 1120. The second-order valence-corrected chi connectivity index (χ2v) is 9.25.